The molecule has 0 aromatic heterocycles. The zero-order valence-electron chi connectivity index (χ0n) is 17.1. The van der Waals surface area contributed by atoms with Crippen LogP contribution in [0, 0.1) is 11.2 Å². The molecule has 0 aliphatic heterocycles. The van der Waals surface area contributed by atoms with E-state index in [-0.39, 0.29) is 24.6 Å². The molecule has 0 saturated carbocycles. The van der Waals surface area contributed by atoms with E-state index in [0.717, 1.165) is 13.0 Å². The summed E-state index contributed by atoms with van der Waals surface area (Å²) in [5.41, 5.74) is 5.58. The summed E-state index contributed by atoms with van der Waals surface area (Å²) < 4.78 is 46.5. The van der Waals surface area contributed by atoms with E-state index in [4.69, 9.17) is 21.0 Å². The highest BCUT2D eigenvalue weighted by molar-refractivity contribution is 7.89. The topological polar surface area (TPSA) is 172 Å². The molecule has 0 spiro atoms. The standard InChI is InChI=1S/C20H23FN4O6S/c1-12(20(27)28)25-32(29,30)16-5-2-4-15(18(16)21)24-17(26)6-3-11-31-14-9-7-13(8-10-14)19(22)23/h2,4-5,7-10,12,25H,3,6,11H2,1H3,(H3,22,23)(H,24,26)(H,27,28)/t12-/m0/s1. The van der Waals surface area contributed by atoms with Gasteiger partial charge in [-0.15, -0.1) is 0 Å². The number of benzene rings is 2. The molecule has 1 atom stereocenters. The Labute approximate surface area is 184 Å². The van der Waals surface area contributed by atoms with E-state index >= 15 is 0 Å². The molecule has 0 aliphatic carbocycles. The number of hydrogen-bond donors (Lipinski definition) is 5. The number of halogens is 1. The van der Waals surface area contributed by atoms with Crippen molar-refractivity contribution in [2.24, 2.45) is 5.73 Å². The second-order valence-corrected chi connectivity index (χ2v) is 8.42. The van der Waals surface area contributed by atoms with Gasteiger partial charge in [0.2, 0.25) is 15.9 Å². The number of nitrogens with one attached hydrogen (secondary N) is 3. The van der Waals surface area contributed by atoms with Crippen molar-refractivity contribution < 1.29 is 32.2 Å². The summed E-state index contributed by atoms with van der Waals surface area (Å²) in [5, 5.41) is 18.5. The van der Waals surface area contributed by atoms with Crippen molar-refractivity contribution in [3.63, 3.8) is 0 Å². The van der Waals surface area contributed by atoms with E-state index < -0.39 is 38.7 Å². The number of carbonyl (C=O) groups is 2. The second-order valence-electron chi connectivity index (χ2n) is 6.74. The van der Waals surface area contributed by atoms with Crippen LogP contribution in [-0.4, -0.2) is 43.9 Å². The fourth-order valence-electron chi connectivity index (χ4n) is 2.53. The number of ether oxygens (including phenoxy) is 1. The molecule has 2 rings (SSSR count). The van der Waals surface area contributed by atoms with Gasteiger partial charge in [0.15, 0.2) is 5.82 Å². The average Bonchev–Trinajstić information content (AvgIpc) is 2.72. The molecule has 0 aliphatic rings. The molecule has 32 heavy (non-hydrogen) atoms. The molecular formula is C20H23FN4O6S. The number of hydrogen-bond acceptors (Lipinski definition) is 6. The first kappa shape index (κ1) is 24.8. The SMILES string of the molecule is C[C@H](NS(=O)(=O)c1cccc(NC(=O)CCCOc2ccc(C(=N)N)cc2)c1F)C(=O)O. The Morgan fingerprint density at radius 3 is 2.47 bits per heavy atom. The number of nitrogens with two attached hydrogens (primary N) is 1. The molecule has 12 heteroatoms. The number of amides is 1. The summed E-state index contributed by atoms with van der Waals surface area (Å²) in [6, 6.07) is 8.45. The van der Waals surface area contributed by atoms with Crippen LogP contribution in [0.5, 0.6) is 5.75 Å². The molecule has 0 heterocycles. The molecule has 10 nitrogen and oxygen atoms in total. The number of sulfonamides is 1. The molecule has 0 bridgehead atoms. The van der Waals surface area contributed by atoms with Gasteiger partial charge in [-0.2, -0.15) is 4.72 Å². The van der Waals surface area contributed by atoms with Crippen LogP contribution in [0.1, 0.15) is 25.3 Å². The minimum Gasteiger partial charge on any atom is -0.494 e. The summed E-state index contributed by atoms with van der Waals surface area (Å²) in [4.78, 5) is 22.2. The molecule has 1 amide bonds. The molecule has 2 aromatic carbocycles. The van der Waals surface area contributed by atoms with Crippen molar-refractivity contribution in [2.45, 2.75) is 30.7 Å². The lowest BCUT2D eigenvalue weighted by molar-refractivity contribution is -0.138. The normalized spacial score (nSPS) is 12.1. The van der Waals surface area contributed by atoms with E-state index in [1.807, 2.05) is 4.72 Å². The number of carboxylic acid groups (broad SMARTS) is 1. The van der Waals surface area contributed by atoms with E-state index in [2.05, 4.69) is 5.32 Å². The maximum Gasteiger partial charge on any atom is 0.321 e. The Kier molecular flexibility index (Phi) is 8.27. The minimum absolute atomic E-state index is 0.0176. The number of carboxylic acids is 1. The molecule has 0 fully saturated rings. The van der Waals surface area contributed by atoms with Gasteiger partial charge in [0, 0.05) is 12.0 Å². The van der Waals surface area contributed by atoms with Crippen LogP contribution >= 0.6 is 0 Å². The first-order chi connectivity index (χ1) is 15.0. The molecule has 2 aromatic rings. The van der Waals surface area contributed by atoms with Gasteiger partial charge in [-0.05, 0) is 49.7 Å². The third-order valence-corrected chi connectivity index (χ3v) is 5.77. The molecule has 0 unspecified atom stereocenters. The Morgan fingerprint density at radius 1 is 1.22 bits per heavy atom. The van der Waals surface area contributed by atoms with E-state index in [1.165, 1.54) is 12.1 Å². The van der Waals surface area contributed by atoms with Gasteiger partial charge in [-0.3, -0.25) is 15.0 Å². The van der Waals surface area contributed by atoms with Crippen LogP contribution in [0.25, 0.3) is 0 Å². The highest BCUT2D eigenvalue weighted by atomic mass is 32.2. The number of amidine groups is 1. The summed E-state index contributed by atoms with van der Waals surface area (Å²) in [6.45, 7) is 1.30. The van der Waals surface area contributed by atoms with E-state index in [0.29, 0.717) is 17.7 Å². The van der Waals surface area contributed by atoms with Crippen LogP contribution in [-0.2, 0) is 19.6 Å². The molecule has 0 radical (unpaired) electrons. The lowest BCUT2D eigenvalue weighted by Gasteiger charge is -2.13. The molecular weight excluding hydrogens is 443 g/mol. The zero-order chi connectivity index (χ0) is 23.9. The third-order valence-electron chi connectivity index (χ3n) is 4.21. The highest BCUT2D eigenvalue weighted by Crippen LogP contribution is 2.22. The Balaban J connectivity index is 1.92. The number of carbonyl (C=O) groups excluding carboxylic acids is 1. The maximum absolute atomic E-state index is 14.6. The van der Waals surface area contributed by atoms with Crippen LogP contribution < -0.4 is 20.5 Å². The fourth-order valence-corrected chi connectivity index (χ4v) is 3.82. The van der Waals surface area contributed by atoms with Gasteiger partial charge in [-0.1, -0.05) is 6.07 Å². The van der Waals surface area contributed by atoms with Crippen molar-refractivity contribution in [3.05, 3.63) is 53.8 Å². The van der Waals surface area contributed by atoms with Gasteiger partial charge in [-0.25, -0.2) is 12.8 Å². The van der Waals surface area contributed by atoms with Crippen LogP contribution in [0.4, 0.5) is 10.1 Å². The van der Waals surface area contributed by atoms with Crippen molar-refractivity contribution in [2.75, 3.05) is 11.9 Å². The number of aliphatic carboxylic acids is 1. The fraction of sp³-hybridized carbons (Fsp3) is 0.250. The van der Waals surface area contributed by atoms with Gasteiger partial charge < -0.3 is 20.9 Å². The number of rotatable bonds is 11. The molecule has 6 N–H and O–H groups in total. The van der Waals surface area contributed by atoms with Gasteiger partial charge in [0.05, 0.1) is 12.3 Å². The predicted octanol–water partition coefficient (Wildman–Crippen LogP) is 1.66. The largest absolute Gasteiger partial charge is 0.494 e. The Morgan fingerprint density at radius 2 is 1.88 bits per heavy atom. The monoisotopic (exact) mass is 466 g/mol. The summed E-state index contributed by atoms with van der Waals surface area (Å²) in [5.74, 6) is -2.71. The average molecular weight is 466 g/mol. The van der Waals surface area contributed by atoms with Crippen molar-refractivity contribution >= 4 is 33.4 Å². The minimum atomic E-state index is -4.45. The summed E-state index contributed by atoms with van der Waals surface area (Å²) in [7, 11) is -4.45. The van der Waals surface area contributed by atoms with Gasteiger partial charge in [0.1, 0.15) is 22.5 Å². The Hall–Kier alpha value is -3.51. The maximum atomic E-state index is 14.6. The predicted molar refractivity (Wildman–Crippen MR) is 115 cm³/mol. The first-order valence-electron chi connectivity index (χ1n) is 9.42. The van der Waals surface area contributed by atoms with Crippen molar-refractivity contribution in [1.82, 2.24) is 4.72 Å². The second kappa shape index (κ2) is 10.7. The smallest absolute Gasteiger partial charge is 0.321 e. The lowest BCUT2D eigenvalue weighted by Crippen LogP contribution is -2.38. The van der Waals surface area contributed by atoms with E-state index in [9.17, 15) is 22.4 Å². The van der Waals surface area contributed by atoms with E-state index in [1.54, 1.807) is 24.3 Å². The first-order valence-corrected chi connectivity index (χ1v) is 10.9. The Bertz CT molecular complexity index is 1110. The van der Waals surface area contributed by atoms with Crippen LogP contribution in [0.3, 0.4) is 0 Å². The van der Waals surface area contributed by atoms with Crippen molar-refractivity contribution in [3.8, 4) is 5.75 Å². The van der Waals surface area contributed by atoms with Gasteiger partial charge in [0.25, 0.3) is 0 Å². The quantitative estimate of drug-likeness (QED) is 0.190. The number of nitrogen functional groups attached to an aromatic ring is 1. The highest BCUT2D eigenvalue weighted by Gasteiger charge is 2.26. The van der Waals surface area contributed by atoms with Crippen LogP contribution in [0.2, 0.25) is 0 Å². The molecule has 172 valence electrons. The van der Waals surface area contributed by atoms with Crippen LogP contribution in [0.15, 0.2) is 47.4 Å². The lowest BCUT2D eigenvalue weighted by atomic mass is 10.2. The molecule has 0 saturated heterocycles. The van der Waals surface area contributed by atoms with Gasteiger partial charge >= 0.3 is 5.97 Å². The van der Waals surface area contributed by atoms with Crippen molar-refractivity contribution in [1.29, 1.82) is 5.41 Å². The third kappa shape index (κ3) is 6.75. The number of anilines is 1. The summed E-state index contributed by atoms with van der Waals surface area (Å²) >= 11 is 0. The zero-order valence-corrected chi connectivity index (χ0v) is 17.9. The summed E-state index contributed by atoms with van der Waals surface area (Å²) in [6.07, 6.45) is 0.286.